The van der Waals surface area contributed by atoms with Gasteiger partial charge in [-0.15, -0.1) is 0 Å². The normalized spacial score (nSPS) is 14.7. The molecule has 0 bridgehead atoms. The number of hydrogen-bond acceptors (Lipinski definition) is 7. The van der Waals surface area contributed by atoms with E-state index in [0.717, 1.165) is 4.90 Å². The Labute approximate surface area is 178 Å². The number of nitrogens with two attached hydrogens (primary N) is 1. The summed E-state index contributed by atoms with van der Waals surface area (Å²) in [7, 11) is 6.13. The van der Waals surface area contributed by atoms with E-state index in [1.807, 2.05) is 6.92 Å². The van der Waals surface area contributed by atoms with Gasteiger partial charge in [0.2, 0.25) is 23.8 Å². The molecule has 0 aromatic carbocycles. The molecule has 3 N–H and O–H groups in total. The summed E-state index contributed by atoms with van der Waals surface area (Å²) in [5.41, 5.74) is 4.17. The first kappa shape index (κ1) is 27.7. The van der Waals surface area contributed by atoms with Gasteiger partial charge in [0.1, 0.15) is 12.1 Å². The van der Waals surface area contributed by atoms with Crippen LogP contribution in [0.5, 0.6) is 0 Å². The highest BCUT2D eigenvalue weighted by molar-refractivity contribution is 5.91. The second-order valence-electron chi connectivity index (χ2n) is 8.59. The van der Waals surface area contributed by atoms with Crippen molar-refractivity contribution in [1.29, 1.82) is 0 Å². The van der Waals surface area contributed by atoms with E-state index in [1.54, 1.807) is 19.0 Å². The minimum Gasteiger partial charge on any atom is -0.390 e. The van der Waals surface area contributed by atoms with E-state index >= 15 is 0 Å². The molecule has 0 aliphatic rings. The van der Waals surface area contributed by atoms with Crippen LogP contribution < -0.4 is 5.73 Å². The molecule has 30 heavy (non-hydrogen) atoms. The van der Waals surface area contributed by atoms with Gasteiger partial charge in [0.15, 0.2) is 0 Å². The third-order valence-corrected chi connectivity index (χ3v) is 4.82. The second-order valence-corrected chi connectivity index (χ2v) is 8.59. The van der Waals surface area contributed by atoms with Crippen LogP contribution in [-0.2, 0) is 14.4 Å². The van der Waals surface area contributed by atoms with Gasteiger partial charge in [0.05, 0.1) is 12.1 Å². The lowest BCUT2D eigenvalue weighted by molar-refractivity contribution is -0.524. The Kier molecular flexibility index (Phi) is 10.9. The van der Waals surface area contributed by atoms with E-state index < -0.39 is 40.5 Å². The maximum atomic E-state index is 13.3. The largest absolute Gasteiger partial charge is 0.390 e. The third kappa shape index (κ3) is 9.04. The van der Waals surface area contributed by atoms with Gasteiger partial charge in [0.25, 0.3) is 0 Å². The lowest BCUT2D eigenvalue weighted by atomic mass is 9.96. The van der Waals surface area contributed by atoms with Crippen molar-refractivity contribution in [3.8, 4) is 0 Å². The molecule has 0 rings (SSSR count). The molecular weight excluding hydrogens is 394 g/mol. The van der Waals surface area contributed by atoms with Gasteiger partial charge >= 0.3 is 0 Å². The van der Waals surface area contributed by atoms with Crippen molar-refractivity contribution in [1.82, 2.24) is 14.7 Å². The van der Waals surface area contributed by atoms with Crippen molar-refractivity contribution in [2.45, 2.75) is 70.2 Å². The Morgan fingerprint density at radius 2 is 1.63 bits per heavy atom. The number of aliphatic hydroxyl groups is 1. The lowest BCUT2D eigenvalue weighted by Crippen LogP contribution is -2.56. The summed E-state index contributed by atoms with van der Waals surface area (Å²) in [5, 5.41) is 21.6. The van der Waals surface area contributed by atoms with Crippen LogP contribution in [0.4, 0.5) is 0 Å². The molecule has 0 heterocycles. The maximum absolute atomic E-state index is 13.3. The SMILES string of the molecule is CCCC(=O)N(C)[C@H](CC(CN(C)C)[N+](=O)[O-])C(=O)N(C)[C@@H](CC(C)(C)O)C(N)=O. The van der Waals surface area contributed by atoms with E-state index in [4.69, 9.17) is 5.73 Å². The Morgan fingerprint density at radius 3 is 2.00 bits per heavy atom. The number of carbonyl (C=O) groups excluding carboxylic acids is 3. The standard InChI is InChI=1S/C19H37N5O6/c1-8-9-16(25)22(6)14(10-13(24(29)30)12-21(4)5)18(27)23(7)15(17(20)26)11-19(2,3)28/h13-15,28H,8-12H2,1-7H3,(H2,20,26)/t13?,14-,15+/m1/s1. The average Bonchev–Trinajstić information content (AvgIpc) is 2.60. The minimum absolute atomic E-state index is 0.0826. The number of likely N-dealkylation sites (N-methyl/N-ethyl adjacent to an activating group) is 3. The molecule has 0 fully saturated rings. The third-order valence-electron chi connectivity index (χ3n) is 4.82. The summed E-state index contributed by atoms with van der Waals surface area (Å²) in [4.78, 5) is 52.7. The highest BCUT2D eigenvalue weighted by Gasteiger charge is 2.39. The zero-order valence-corrected chi connectivity index (χ0v) is 19.1. The molecule has 0 aliphatic carbocycles. The van der Waals surface area contributed by atoms with Crippen LogP contribution in [0.3, 0.4) is 0 Å². The summed E-state index contributed by atoms with van der Waals surface area (Å²) in [6, 6.07) is -3.37. The van der Waals surface area contributed by atoms with Crippen LogP contribution in [0.1, 0.15) is 46.5 Å². The van der Waals surface area contributed by atoms with Crippen LogP contribution in [-0.4, -0.2) is 101 Å². The molecule has 0 saturated heterocycles. The van der Waals surface area contributed by atoms with Gasteiger partial charge in [-0.3, -0.25) is 24.5 Å². The molecule has 3 atom stereocenters. The molecule has 0 aromatic rings. The molecule has 11 nitrogen and oxygen atoms in total. The van der Waals surface area contributed by atoms with E-state index in [0.29, 0.717) is 6.42 Å². The topological polar surface area (TPSA) is 150 Å². The van der Waals surface area contributed by atoms with Gasteiger partial charge < -0.3 is 25.5 Å². The van der Waals surface area contributed by atoms with Crippen molar-refractivity contribution in [2.24, 2.45) is 5.73 Å². The molecule has 0 aliphatic heterocycles. The van der Waals surface area contributed by atoms with Gasteiger partial charge in [-0.05, 0) is 34.4 Å². The zero-order chi connectivity index (χ0) is 23.8. The van der Waals surface area contributed by atoms with Crippen LogP contribution in [0.15, 0.2) is 0 Å². The Balaban J connectivity index is 5.95. The van der Waals surface area contributed by atoms with E-state index in [9.17, 15) is 29.6 Å². The number of rotatable bonds is 13. The summed E-state index contributed by atoms with van der Waals surface area (Å²) < 4.78 is 0. The van der Waals surface area contributed by atoms with Crippen molar-refractivity contribution in [3.05, 3.63) is 10.1 Å². The Hall–Kier alpha value is -2.27. The van der Waals surface area contributed by atoms with Gasteiger partial charge in [0, 0.05) is 38.3 Å². The summed E-state index contributed by atoms with van der Waals surface area (Å²) >= 11 is 0. The lowest BCUT2D eigenvalue weighted by Gasteiger charge is -2.36. The zero-order valence-electron chi connectivity index (χ0n) is 19.1. The Morgan fingerprint density at radius 1 is 1.10 bits per heavy atom. The van der Waals surface area contributed by atoms with Crippen molar-refractivity contribution < 1.29 is 24.4 Å². The van der Waals surface area contributed by atoms with E-state index in [2.05, 4.69) is 0 Å². The molecular formula is C19H37N5O6. The van der Waals surface area contributed by atoms with Crippen LogP contribution >= 0.6 is 0 Å². The molecule has 1 unspecified atom stereocenters. The molecule has 11 heteroatoms. The molecule has 3 amide bonds. The number of nitrogens with zero attached hydrogens (tertiary/aromatic N) is 4. The Bertz CT molecular complexity index is 619. The predicted octanol–water partition coefficient (Wildman–Crippen LogP) is -0.316. The summed E-state index contributed by atoms with van der Waals surface area (Å²) in [6.07, 6.45) is 0.414. The van der Waals surface area contributed by atoms with Crippen LogP contribution in [0, 0.1) is 10.1 Å². The van der Waals surface area contributed by atoms with Crippen molar-refractivity contribution in [2.75, 3.05) is 34.7 Å². The molecule has 0 radical (unpaired) electrons. The number of primary amides is 1. The van der Waals surface area contributed by atoms with E-state index in [1.165, 1.54) is 32.8 Å². The first-order chi connectivity index (χ1) is 13.6. The predicted molar refractivity (Wildman–Crippen MR) is 112 cm³/mol. The number of amides is 3. The first-order valence-electron chi connectivity index (χ1n) is 9.94. The quantitative estimate of drug-likeness (QED) is 0.300. The number of carbonyl (C=O) groups is 3. The first-order valence-corrected chi connectivity index (χ1v) is 9.94. The number of nitro groups is 1. The second kappa shape index (κ2) is 11.8. The molecule has 0 aromatic heterocycles. The van der Waals surface area contributed by atoms with Crippen LogP contribution in [0.25, 0.3) is 0 Å². The van der Waals surface area contributed by atoms with Gasteiger partial charge in [-0.1, -0.05) is 6.92 Å². The molecule has 0 saturated carbocycles. The van der Waals surface area contributed by atoms with Crippen molar-refractivity contribution >= 4 is 17.7 Å². The fraction of sp³-hybridized carbons (Fsp3) is 0.842. The summed E-state index contributed by atoms with van der Waals surface area (Å²) in [5.74, 6) is -1.77. The fourth-order valence-electron chi connectivity index (χ4n) is 3.19. The average molecular weight is 432 g/mol. The smallest absolute Gasteiger partial charge is 0.246 e. The van der Waals surface area contributed by atoms with Gasteiger partial charge in [-0.25, -0.2) is 0 Å². The monoisotopic (exact) mass is 431 g/mol. The van der Waals surface area contributed by atoms with Gasteiger partial charge in [-0.2, -0.15) is 0 Å². The molecule has 174 valence electrons. The van der Waals surface area contributed by atoms with E-state index in [-0.39, 0.29) is 31.7 Å². The summed E-state index contributed by atoms with van der Waals surface area (Å²) in [6.45, 7) is 4.86. The molecule has 0 spiro atoms. The highest BCUT2D eigenvalue weighted by atomic mass is 16.6. The highest BCUT2D eigenvalue weighted by Crippen LogP contribution is 2.19. The van der Waals surface area contributed by atoms with Crippen LogP contribution in [0.2, 0.25) is 0 Å². The fourth-order valence-corrected chi connectivity index (χ4v) is 3.19. The minimum atomic E-state index is -1.28. The number of hydrogen-bond donors (Lipinski definition) is 2. The maximum Gasteiger partial charge on any atom is 0.246 e. The van der Waals surface area contributed by atoms with Crippen molar-refractivity contribution in [3.63, 3.8) is 0 Å².